The van der Waals surface area contributed by atoms with Gasteiger partial charge in [-0.15, -0.1) is 0 Å². The maximum absolute atomic E-state index is 12.3. The summed E-state index contributed by atoms with van der Waals surface area (Å²) in [6.07, 6.45) is -0.302. The Morgan fingerprint density at radius 1 is 1.21 bits per heavy atom. The lowest BCUT2D eigenvalue weighted by Gasteiger charge is -2.17. The zero-order valence-electron chi connectivity index (χ0n) is 12.9. The van der Waals surface area contributed by atoms with Crippen molar-refractivity contribution in [3.8, 4) is 0 Å². The Balaban J connectivity index is 1.72. The topological polar surface area (TPSA) is 87.0 Å². The van der Waals surface area contributed by atoms with E-state index in [1.54, 1.807) is 37.4 Å². The maximum Gasteiger partial charge on any atom is 0.323 e. The van der Waals surface area contributed by atoms with Gasteiger partial charge in [-0.2, -0.15) is 0 Å². The smallest absolute Gasteiger partial charge is 0.323 e. The van der Waals surface area contributed by atoms with Crippen molar-refractivity contribution in [2.24, 2.45) is 0 Å². The monoisotopic (exact) mass is 345 g/mol. The molecule has 0 saturated heterocycles. The summed E-state index contributed by atoms with van der Waals surface area (Å²) in [6.45, 7) is 0.303. The SMILES string of the molecule is CO[C@@H](CNC(=O)c1ccc2[nH]c(=O)[nH]c2c1)c1cccc(Cl)c1. The van der Waals surface area contributed by atoms with E-state index in [2.05, 4.69) is 15.3 Å². The number of carbonyl (C=O) groups is 1. The van der Waals surface area contributed by atoms with Gasteiger partial charge in [-0.05, 0) is 35.9 Å². The third-order valence-corrected chi connectivity index (χ3v) is 3.97. The van der Waals surface area contributed by atoms with Crippen LogP contribution in [0.15, 0.2) is 47.3 Å². The Bertz CT molecular complexity index is 932. The van der Waals surface area contributed by atoms with E-state index < -0.39 is 0 Å². The molecule has 24 heavy (non-hydrogen) atoms. The first-order valence-electron chi connectivity index (χ1n) is 7.35. The summed E-state index contributed by atoms with van der Waals surface area (Å²) in [7, 11) is 1.58. The highest BCUT2D eigenvalue weighted by atomic mass is 35.5. The summed E-state index contributed by atoms with van der Waals surface area (Å²) in [4.78, 5) is 28.9. The van der Waals surface area contributed by atoms with Crippen molar-refractivity contribution in [3.63, 3.8) is 0 Å². The van der Waals surface area contributed by atoms with Crippen molar-refractivity contribution in [3.05, 3.63) is 69.1 Å². The minimum Gasteiger partial charge on any atom is -0.375 e. The normalized spacial score (nSPS) is 12.2. The van der Waals surface area contributed by atoms with Crippen LogP contribution in [0.4, 0.5) is 0 Å². The first-order valence-corrected chi connectivity index (χ1v) is 7.73. The summed E-state index contributed by atoms with van der Waals surface area (Å²) in [6, 6.07) is 12.3. The fourth-order valence-corrected chi connectivity index (χ4v) is 2.70. The number of halogens is 1. The van der Waals surface area contributed by atoms with Crippen LogP contribution in [-0.4, -0.2) is 29.5 Å². The van der Waals surface area contributed by atoms with Crippen LogP contribution >= 0.6 is 11.6 Å². The van der Waals surface area contributed by atoms with E-state index in [0.717, 1.165) is 5.56 Å². The van der Waals surface area contributed by atoms with Gasteiger partial charge in [0, 0.05) is 24.2 Å². The number of H-pyrrole nitrogens is 2. The van der Waals surface area contributed by atoms with Crippen LogP contribution in [-0.2, 0) is 4.74 Å². The average Bonchev–Trinajstić information content (AvgIpc) is 2.94. The van der Waals surface area contributed by atoms with E-state index >= 15 is 0 Å². The molecule has 0 aliphatic carbocycles. The number of rotatable bonds is 5. The van der Waals surface area contributed by atoms with Gasteiger partial charge in [0.15, 0.2) is 0 Å². The van der Waals surface area contributed by atoms with Gasteiger partial charge in [-0.25, -0.2) is 4.79 Å². The second-order valence-corrected chi connectivity index (χ2v) is 5.77. The predicted molar refractivity (Wildman–Crippen MR) is 92.5 cm³/mol. The highest BCUT2D eigenvalue weighted by Crippen LogP contribution is 2.20. The highest BCUT2D eigenvalue weighted by molar-refractivity contribution is 6.30. The highest BCUT2D eigenvalue weighted by Gasteiger charge is 2.14. The molecule has 1 aromatic heterocycles. The number of benzene rings is 2. The van der Waals surface area contributed by atoms with Gasteiger partial charge < -0.3 is 20.0 Å². The van der Waals surface area contributed by atoms with Crippen molar-refractivity contribution < 1.29 is 9.53 Å². The Hall–Kier alpha value is -2.57. The van der Waals surface area contributed by atoms with Crippen LogP contribution in [0, 0.1) is 0 Å². The number of aromatic amines is 2. The second kappa shape index (κ2) is 6.90. The van der Waals surface area contributed by atoms with Crippen molar-refractivity contribution in [1.29, 1.82) is 0 Å². The van der Waals surface area contributed by atoms with Gasteiger partial charge in [-0.1, -0.05) is 23.7 Å². The third kappa shape index (κ3) is 3.50. The molecular formula is C17H16ClN3O3. The molecule has 1 atom stereocenters. The van der Waals surface area contributed by atoms with Gasteiger partial charge >= 0.3 is 5.69 Å². The summed E-state index contributed by atoms with van der Waals surface area (Å²) >= 11 is 5.99. The number of hydrogen-bond donors (Lipinski definition) is 3. The van der Waals surface area contributed by atoms with E-state index in [1.165, 1.54) is 0 Å². The lowest BCUT2D eigenvalue weighted by atomic mass is 10.1. The zero-order chi connectivity index (χ0) is 17.1. The molecule has 3 aromatic rings. The molecule has 0 radical (unpaired) electrons. The Morgan fingerprint density at radius 2 is 2.00 bits per heavy atom. The lowest BCUT2D eigenvalue weighted by Crippen LogP contribution is -2.29. The molecule has 0 aliphatic rings. The molecule has 124 valence electrons. The molecule has 3 rings (SSSR count). The van der Waals surface area contributed by atoms with Gasteiger partial charge in [0.25, 0.3) is 5.91 Å². The van der Waals surface area contributed by atoms with E-state index in [1.807, 2.05) is 12.1 Å². The number of methoxy groups -OCH3 is 1. The van der Waals surface area contributed by atoms with Gasteiger partial charge in [-0.3, -0.25) is 4.79 Å². The number of fused-ring (bicyclic) bond motifs is 1. The van der Waals surface area contributed by atoms with Crippen molar-refractivity contribution in [2.45, 2.75) is 6.10 Å². The Kier molecular flexibility index (Phi) is 4.69. The van der Waals surface area contributed by atoms with Crippen LogP contribution in [0.1, 0.15) is 22.0 Å². The molecule has 0 aliphatic heterocycles. The average molecular weight is 346 g/mol. The molecule has 0 spiro atoms. The Labute approximate surface area is 142 Å². The van der Waals surface area contributed by atoms with Crippen molar-refractivity contribution >= 4 is 28.5 Å². The Morgan fingerprint density at radius 3 is 2.75 bits per heavy atom. The lowest BCUT2D eigenvalue weighted by molar-refractivity contribution is 0.0828. The maximum atomic E-state index is 12.3. The molecule has 3 N–H and O–H groups in total. The van der Waals surface area contributed by atoms with E-state index in [-0.39, 0.29) is 17.7 Å². The summed E-state index contributed by atoms with van der Waals surface area (Å²) in [5.74, 6) is -0.247. The predicted octanol–water partition coefficient (Wildman–Crippen LogP) is 2.63. The number of nitrogens with one attached hydrogen (secondary N) is 3. The number of imidazole rings is 1. The molecule has 1 amide bonds. The first-order chi connectivity index (χ1) is 11.6. The summed E-state index contributed by atoms with van der Waals surface area (Å²) in [5.41, 5.74) is 2.29. The summed E-state index contributed by atoms with van der Waals surface area (Å²) < 4.78 is 5.43. The van der Waals surface area contributed by atoms with Gasteiger partial charge in [0.2, 0.25) is 0 Å². The summed E-state index contributed by atoms with van der Waals surface area (Å²) in [5, 5.41) is 3.44. The van der Waals surface area contributed by atoms with Crippen LogP contribution in [0.3, 0.4) is 0 Å². The van der Waals surface area contributed by atoms with E-state index in [4.69, 9.17) is 16.3 Å². The van der Waals surface area contributed by atoms with Crippen molar-refractivity contribution in [2.75, 3.05) is 13.7 Å². The van der Waals surface area contributed by atoms with Gasteiger partial charge in [0.1, 0.15) is 0 Å². The molecule has 1 heterocycles. The number of hydrogen-bond acceptors (Lipinski definition) is 3. The fraction of sp³-hybridized carbons (Fsp3) is 0.176. The van der Waals surface area contributed by atoms with Gasteiger partial charge in [0.05, 0.1) is 17.1 Å². The number of carbonyl (C=O) groups excluding carboxylic acids is 1. The number of aromatic nitrogens is 2. The van der Waals surface area contributed by atoms with Crippen LogP contribution in [0.5, 0.6) is 0 Å². The molecule has 0 saturated carbocycles. The quantitative estimate of drug-likeness (QED) is 0.664. The molecular weight excluding hydrogens is 330 g/mol. The third-order valence-electron chi connectivity index (χ3n) is 3.73. The zero-order valence-corrected chi connectivity index (χ0v) is 13.7. The van der Waals surface area contributed by atoms with E-state index in [0.29, 0.717) is 28.2 Å². The van der Waals surface area contributed by atoms with Crippen LogP contribution in [0.2, 0.25) is 5.02 Å². The second-order valence-electron chi connectivity index (χ2n) is 5.33. The number of ether oxygens (including phenoxy) is 1. The first kappa shape index (κ1) is 16.3. The van der Waals surface area contributed by atoms with E-state index in [9.17, 15) is 9.59 Å². The molecule has 2 aromatic carbocycles. The largest absolute Gasteiger partial charge is 0.375 e. The molecule has 7 heteroatoms. The van der Waals surface area contributed by atoms with Crippen LogP contribution < -0.4 is 11.0 Å². The molecule has 6 nitrogen and oxygen atoms in total. The molecule has 0 fully saturated rings. The molecule has 0 unspecified atom stereocenters. The molecule has 0 bridgehead atoms. The minimum atomic E-state index is -0.303. The fourth-order valence-electron chi connectivity index (χ4n) is 2.51. The number of amides is 1. The van der Waals surface area contributed by atoms with Crippen molar-refractivity contribution in [1.82, 2.24) is 15.3 Å². The standard InChI is InChI=1S/C17H16ClN3O3/c1-24-15(10-3-2-4-12(18)7-10)9-19-16(22)11-5-6-13-14(8-11)21-17(23)20-13/h2-8,15H,9H2,1H3,(H,19,22)(H2,20,21,23)/t15-/m0/s1. The van der Waals surface area contributed by atoms with Crippen LogP contribution in [0.25, 0.3) is 11.0 Å². The minimum absolute atomic E-state index is 0.247.